The standard InChI is InChI=1S/C9H15N3OS/c1-6-9(12-13-11-6)5-10-8-3-4-14-7(8)2/h7-8,10H,3-5H2,1-2H3. The van der Waals surface area contributed by atoms with Gasteiger partial charge in [-0.2, -0.15) is 11.8 Å². The zero-order valence-electron chi connectivity index (χ0n) is 8.49. The second kappa shape index (κ2) is 4.31. The number of thioether (sulfide) groups is 1. The van der Waals surface area contributed by atoms with Crippen molar-refractivity contribution >= 4 is 11.8 Å². The Morgan fingerprint density at radius 2 is 2.43 bits per heavy atom. The summed E-state index contributed by atoms with van der Waals surface area (Å²) in [6.07, 6.45) is 1.25. The van der Waals surface area contributed by atoms with Crippen molar-refractivity contribution in [2.45, 2.75) is 38.1 Å². The molecule has 2 heterocycles. The first-order valence-corrected chi connectivity index (χ1v) is 5.95. The largest absolute Gasteiger partial charge is 0.307 e. The monoisotopic (exact) mass is 213 g/mol. The molecule has 1 fully saturated rings. The second-order valence-electron chi connectivity index (χ2n) is 3.65. The van der Waals surface area contributed by atoms with E-state index in [2.05, 4.69) is 27.2 Å². The lowest BCUT2D eigenvalue weighted by Gasteiger charge is -2.15. The van der Waals surface area contributed by atoms with Crippen LogP contribution in [-0.2, 0) is 6.54 Å². The zero-order valence-corrected chi connectivity index (χ0v) is 9.30. The normalized spacial score (nSPS) is 27.0. The van der Waals surface area contributed by atoms with Crippen LogP contribution in [0.4, 0.5) is 0 Å². The number of rotatable bonds is 3. The van der Waals surface area contributed by atoms with Gasteiger partial charge in [0.1, 0.15) is 11.4 Å². The molecule has 2 rings (SSSR count). The van der Waals surface area contributed by atoms with Crippen LogP contribution in [0, 0.1) is 6.92 Å². The summed E-state index contributed by atoms with van der Waals surface area (Å²) in [7, 11) is 0. The molecule has 0 saturated carbocycles. The van der Waals surface area contributed by atoms with Gasteiger partial charge in [0, 0.05) is 17.8 Å². The van der Waals surface area contributed by atoms with Crippen LogP contribution in [0.1, 0.15) is 24.7 Å². The van der Waals surface area contributed by atoms with Crippen LogP contribution in [0.25, 0.3) is 0 Å². The third-order valence-corrected chi connectivity index (χ3v) is 3.98. The number of hydrogen-bond donors (Lipinski definition) is 1. The molecule has 2 atom stereocenters. The molecule has 4 nitrogen and oxygen atoms in total. The molecule has 0 amide bonds. The van der Waals surface area contributed by atoms with Crippen LogP contribution in [0.2, 0.25) is 0 Å². The zero-order chi connectivity index (χ0) is 9.97. The van der Waals surface area contributed by atoms with Crippen molar-refractivity contribution in [2.24, 2.45) is 0 Å². The predicted octanol–water partition coefficient (Wildman–Crippen LogP) is 1.36. The van der Waals surface area contributed by atoms with Crippen LogP contribution in [0.3, 0.4) is 0 Å². The van der Waals surface area contributed by atoms with Gasteiger partial charge in [0.2, 0.25) is 0 Å². The molecular formula is C9H15N3OS. The fourth-order valence-electron chi connectivity index (χ4n) is 1.64. The van der Waals surface area contributed by atoms with Gasteiger partial charge in [-0.05, 0) is 19.1 Å². The molecule has 0 radical (unpaired) electrons. The van der Waals surface area contributed by atoms with Crippen molar-refractivity contribution in [2.75, 3.05) is 5.75 Å². The number of aryl methyl sites for hydroxylation is 1. The Morgan fingerprint density at radius 3 is 3.00 bits per heavy atom. The van der Waals surface area contributed by atoms with Gasteiger partial charge in [-0.15, -0.1) is 0 Å². The maximum Gasteiger partial charge on any atom is 0.121 e. The van der Waals surface area contributed by atoms with Crippen LogP contribution in [0.15, 0.2) is 4.63 Å². The average molecular weight is 213 g/mol. The minimum absolute atomic E-state index is 0.607. The van der Waals surface area contributed by atoms with E-state index in [1.807, 2.05) is 18.7 Å². The summed E-state index contributed by atoms with van der Waals surface area (Å²) in [5.74, 6) is 1.26. The highest BCUT2D eigenvalue weighted by atomic mass is 32.2. The second-order valence-corrected chi connectivity index (χ2v) is 5.13. The van der Waals surface area contributed by atoms with E-state index in [0.29, 0.717) is 11.3 Å². The molecule has 2 unspecified atom stereocenters. The molecule has 5 heteroatoms. The van der Waals surface area contributed by atoms with Gasteiger partial charge in [-0.3, -0.25) is 0 Å². The van der Waals surface area contributed by atoms with E-state index in [1.54, 1.807) is 0 Å². The summed E-state index contributed by atoms with van der Waals surface area (Å²) in [5, 5.41) is 11.8. The van der Waals surface area contributed by atoms with E-state index < -0.39 is 0 Å². The van der Waals surface area contributed by atoms with E-state index in [-0.39, 0.29) is 0 Å². The van der Waals surface area contributed by atoms with Crippen molar-refractivity contribution in [1.29, 1.82) is 0 Å². The smallest absolute Gasteiger partial charge is 0.121 e. The first-order valence-electron chi connectivity index (χ1n) is 4.90. The summed E-state index contributed by atoms with van der Waals surface area (Å²) in [5.41, 5.74) is 1.81. The van der Waals surface area contributed by atoms with Gasteiger partial charge >= 0.3 is 0 Å². The van der Waals surface area contributed by atoms with E-state index in [4.69, 9.17) is 0 Å². The third kappa shape index (κ3) is 2.09. The molecule has 1 aromatic heterocycles. The SMILES string of the molecule is Cc1nonc1CNC1CCSC1C. The summed E-state index contributed by atoms with van der Waals surface area (Å²) in [6, 6.07) is 0.607. The molecule has 1 aliphatic rings. The summed E-state index contributed by atoms with van der Waals surface area (Å²) >= 11 is 2.02. The van der Waals surface area contributed by atoms with Crippen LogP contribution in [-0.4, -0.2) is 27.4 Å². The molecular weight excluding hydrogens is 198 g/mol. The molecule has 0 aliphatic carbocycles. The highest BCUT2D eigenvalue weighted by Gasteiger charge is 2.23. The quantitative estimate of drug-likeness (QED) is 0.821. The molecule has 1 N–H and O–H groups in total. The van der Waals surface area contributed by atoms with Crippen molar-refractivity contribution in [3.8, 4) is 0 Å². The molecule has 1 aromatic rings. The Bertz CT molecular complexity index is 302. The predicted molar refractivity (Wildman–Crippen MR) is 56.2 cm³/mol. The highest BCUT2D eigenvalue weighted by molar-refractivity contribution is 8.00. The van der Waals surface area contributed by atoms with Gasteiger partial charge < -0.3 is 5.32 Å². The minimum Gasteiger partial charge on any atom is -0.307 e. The Hall–Kier alpha value is -0.550. The number of hydrogen-bond acceptors (Lipinski definition) is 5. The molecule has 0 spiro atoms. The van der Waals surface area contributed by atoms with Gasteiger partial charge in [0.15, 0.2) is 0 Å². The lowest BCUT2D eigenvalue weighted by atomic mass is 10.1. The number of nitrogens with one attached hydrogen (secondary N) is 1. The van der Waals surface area contributed by atoms with E-state index >= 15 is 0 Å². The fraction of sp³-hybridized carbons (Fsp3) is 0.778. The van der Waals surface area contributed by atoms with Gasteiger partial charge in [-0.25, -0.2) is 4.63 Å². The van der Waals surface area contributed by atoms with Crippen molar-refractivity contribution in [1.82, 2.24) is 15.6 Å². The Balaban J connectivity index is 1.85. The van der Waals surface area contributed by atoms with Gasteiger partial charge in [0.25, 0.3) is 0 Å². The van der Waals surface area contributed by atoms with Crippen molar-refractivity contribution < 1.29 is 4.63 Å². The number of nitrogens with zero attached hydrogens (tertiary/aromatic N) is 2. The van der Waals surface area contributed by atoms with Crippen molar-refractivity contribution in [3.63, 3.8) is 0 Å². The maximum atomic E-state index is 4.64. The first kappa shape index (κ1) is 9.98. The van der Waals surface area contributed by atoms with E-state index in [9.17, 15) is 0 Å². The molecule has 14 heavy (non-hydrogen) atoms. The molecule has 0 aromatic carbocycles. The molecule has 1 aliphatic heterocycles. The van der Waals surface area contributed by atoms with Crippen LogP contribution < -0.4 is 5.32 Å². The fourth-order valence-corrected chi connectivity index (χ4v) is 2.86. The molecule has 0 bridgehead atoms. The summed E-state index contributed by atoms with van der Waals surface area (Å²) < 4.78 is 4.64. The van der Waals surface area contributed by atoms with E-state index in [0.717, 1.165) is 17.9 Å². The van der Waals surface area contributed by atoms with Gasteiger partial charge in [-0.1, -0.05) is 17.2 Å². The average Bonchev–Trinajstić information content (AvgIpc) is 2.72. The summed E-state index contributed by atoms with van der Waals surface area (Å²) in [6.45, 7) is 4.95. The lowest BCUT2D eigenvalue weighted by molar-refractivity contribution is 0.299. The van der Waals surface area contributed by atoms with Crippen LogP contribution >= 0.6 is 11.8 Å². The maximum absolute atomic E-state index is 4.64. The lowest BCUT2D eigenvalue weighted by Crippen LogP contribution is -2.33. The van der Waals surface area contributed by atoms with Crippen molar-refractivity contribution in [3.05, 3.63) is 11.4 Å². The molecule has 78 valence electrons. The Labute approximate surface area is 87.8 Å². The van der Waals surface area contributed by atoms with E-state index in [1.165, 1.54) is 12.2 Å². The number of aromatic nitrogens is 2. The van der Waals surface area contributed by atoms with Gasteiger partial charge in [0.05, 0.1) is 0 Å². The topological polar surface area (TPSA) is 51.0 Å². The van der Waals surface area contributed by atoms with Crippen LogP contribution in [0.5, 0.6) is 0 Å². The highest BCUT2D eigenvalue weighted by Crippen LogP contribution is 2.26. The third-order valence-electron chi connectivity index (χ3n) is 2.65. The Morgan fingerprint density at radius 1 is 1.57 bits per heavy atom. The minimum atomic E-state index is 0.607. The Kier molecular flexibility index (Phi) is 3.08. The molecule has 1 saturated heterocycles. The first-order chi connectivity index (χ1) is 6.77. The summed E-state index contributed by atoms with van der Waals surface area (Å²) in [4.78, 5) is 0.